The highest BCUT2D eigenvalue weighted by molar-refractivity contribution is 8.00. The van der Waals surface area contributed by atoms with Crippen molar-refractivity contribution in [2.24, 2.45) is 23.8 Å². The van der Waals surface area contributed by atoms with Crippen LogP contribution in [0.5, 0.6) is 0 Å². The quantitative estimate of drug-likeness (QED) is 0.823. The number of hydrogen-bond acceptors (Lipinski definition) is 4. The Hall–Kier alpha value is -0.840. The minimum atomic E-state index is 0.0362. The molecule has 4 nitrogen and oxygen atoms in total. The van der Waals surface area contributed by atoms with Crippen LogP contribution < -0.4 is 0 Å². The zero-order valence-corrected chi connectivity index (χ0v) is 12.1. The van der Waals surface area contributed by atoms with Crippen LogP contribution in [0.1, 0.15) is 33.6 Å². The summed E-state index contributed by atoms with van der Waals surface area (Å²) in [7, 11) is 1.92. The Morgan fingerprint density at radius 2 is 2.17 bits per heavy atom. The van der Waals surface area contributed by atoms with Gasteiger partial charge in [0.05, 0.1) is 5.25 Å². The van der Waals surface area contributed by atoms with Crippen LogP contribution in [0.3, 0.4) is 0 Å². The molecule has 0 amide bonds. The molecule has 3 rings (SSSR count). The van der Waals surface area contributed by atoms with E-state index in [-0.39, 0.29) is 22.0 Å². The summed E-state index contributed by atoms with van der Waals surface area (Å²) in [6.07, 6.45) is 3.89. The van der Waals surface area contributed by atoms with Crippen molar-refractivity contribution in [3.8, 4) is 0 Å². The first kappa shape index (κ1) is 12.2. The number of rotatable bonds is 2. The van der Waals surface area contributed by atoms with Crippen molar-refractivity contribution in [2.75, 3.05) is 0 Å². The fraction of sp³-hybridized carbons (Fsp3) is 0.769. The molecule has 1 heterocycles. The number of nitrogens with zero attached hydrogens (tertiary/aromatic N) is 3. The molecule has 1 aromatic heterocycles. The Bertz CT molecular complexity index is 510. The van der Waals surface area contributed by atoms with Gasteiger partial charge in [0.25, 0.3) is 0 Å². The Morgan fingerprint density at radius 3 is 2.67 bits per heavy atom. The smallest absolute Gasteiger partial charge is 0.191 e. The first-order valence-electron chi connectivity index (χ1n) is 6.42. The number of thioether (sulfide) groups is 1. The zero-order valence-electron chi connectivity index (χ0n) is 11.3. The molecular formula is C13H19N3OS. The average Bonchev–Trinajstić information content (AvgIpc) is 2.82. The molecular weight excluding hydrogens is 246 g/mol. The molecule has 0 radical (unpaired) electrons. The molecule has 0 saturated heterocycles. The maximum atomic E-state index is 12.5. The van der Waals surface area contributed by atoms with Crippen molar-refractivity contribution < 1.29 is 4.79 Å². The van der Waals surface area contributed by atoms with Crippen LogP contribution in [0, 0.1) is 16.7 Å². The van der Waals surface area contributed by atoms with E-state index in [0.29, 0.717) is 5.78 Å². The first-order chi connectivity index (χ1) is 8.38. The van der Waals surface area contributed by atoms with Gasteiger partial charge in [-0.05, 0) is 23.7 Å². The number of ketones is 1. The first-order valence-corrected chi connectivity index (χ1v) is 7.30. The van der Waals surface area contributed by atoms with E-state index in [9.17, 15) is 4.79 Å². The topological polar surface area (TPSA) is 47.8 Å². The second-order valence-electron chi connectivity index (χ2n) is 6.36. The molecule has 0 aromatic carbocycles. The van der Waals surface area contributed by atoms with Crippen molar-refractivity contribution in [1.82, 2.24) is 14.8 Å². The molecule has 0 spiro atoms. The van der Waals surface area contributed by atoms with E-state index in [4.69, 9.17) is 0 Å². The fourth-order valence-corrected chi connectivity index (χ4v) is 5.14. The van der Waals surface area contributed by atoms with Crippen molar-refractivity contribution in [1.29, 1.82) is 0 Å². The van der Waals surface area contributed by atoms with Gasteiger partial charge in [-0.25, -0.2) is 0 Å². The molecule has 18 heavy (non-hydrogen) atoms. The van der Waals surface area contributed by atoms with Gasteiger partial charge in [-0.1, -0.05) is 32.5 Å². The van der Waals surface area contributed by atoms with E-state index in [1.54, 1.807) is 18.1 Å². The van der Waals surface area contributed by atoms with Crippen molar-refractivity contribution >= 4 is 17.5 Å². The van der Waals surface area contributed by atoms with Crippen LogP contribution in [0.4, 0.5) is 0 Å². The van der Waals surface area contributed by atoms with Crippen LogP contribution in [0.25, 0.3) is 0 Å². The van der Waals surface area contributed by atoms with Gasteiger partial charge in [0.15, 0.2) is 5.16 Å². The Balaban J connectivity index is 1.95. The average molecular weight is 265 g/mol. The standard InChI is InChI=1S/C13H19N3OS/c1-12(2)8-5-6-13(12,3)10(9(8)17)18-11-15-14-7-16(11)4/h7-8,10H,5-6H2,1-4H3/t8-,10+,13+/m0/s1. The molecule has 0 unspecified atom stereocenters. The van der Waals surface area contributed by atoms with E-state index < -0.39 is 0 Å². The van der Waals surface area contributed by atoms with E-state index in [1.165, 1.54) is 0 Å². The molecule has 3 atom stereocenters. The third kappa shape index (κ3) is 1.31. The molecule has 2 aliphatic carbocycles. The minimum absolute atomic E-state index is 0.0362. The molecule has 2 saturated carbocycles. The number of carbonyl (C=O) groups is 1. The lowest BCUT2D eigenvalue weighted by atomic mass is 9.71. The van der Waals surface area contributed by atoms with Gasteiger partial charge >= 0.3 is 0 Å². The summed E-state index contributed by atoms with van der Waals surface area (Å²) in [4.78, 5) is 12.5. The lowest BCUT2D eigenvalue weighted by Gasteiger charge is -2.37. The lowest BCUT2D eigenvalue weighted by Crippen LogP contribution is -2.35. The van der Waals surface area contributed by atoms with Crippen molar-refractivity contribution in [2.45, 2.75) is 44.0 Å². The van der Waals surface area contributed by atoms with Crippen LogP contribution in [-0.2, 0) is 11.8 Å². The summed E-state index contributed by atoms with van der Waals surface area (Å²) < 4.78 is 1.89. The molecule has 98 valence electrons. The minimum Gasteiger partial charge on any atom is -0.312 e. The van der Waals surface area contributed by atoms with E-state index in [0.717, 1.165) is 18.0 Å². The number of carbonyl (C=O) groups excluding carboxylic acids is 1. The third-order valence-corrected chi connectivity index (χ3v) is 6.94. The molecule has 0 aliphatic heterocycles. The van der Waals surface area contributed by atoms with Crippen molar-refractivity contribution in [3.05, 3.63) is 6.33 Å². The van der Waals surface area contributed by atoms with Gasteiger partial charge in [-0.3, -0.25) is 4.79 Å². The third-order valence-electron chi connectivity index (χ3n) is 5.37. The largest absolute Gasteiger partial charge is 0.312 e. The maximum absolute atomic E-state index is 12.5. The van der Waals surface area contributed by atoms with Gasteiger partial charge in [-0.15, -0.1) is 10.2 Å². The predicted octanol–water partition coefficient (Wildman–Crippen LogP) is 2.30. The fourth-order valence-electron chi connectivity index (χ4n) is 3.66. The van der Waals surface area contributed by atoms with Gasteiger partial charge in [0.2, 0.25) is 0 Å². The molecule has 2 aliphatic rings. The lowest BCUT2D eigenvalue weighted by molar-refractivity contribution is -0.122. The monoisotopic (exact) mass is 265 g/mol. The summed E-state index contributed by atoms with van der Waals surface area (Å²) in [6.45, 7) is 6.77. The molecule has 0 N–H and O–H groups in total. The van der Waals surface area contributed by atoms with Crippen LogP contribution in [-0.4, -0.2) is 25.8 Å². The number of fused-ring (bicyclic) bond motifs is 2. The zero-order chi connectivity index (χ0) is 13.1. The second kappa shape index (κ2) is 3.59. The van der Waals surface area contributed by atoms with E-state index in [2.05, 4.69) is 31.0 Å². The number of aryl methyl sites for hydroxylation is 1. The summed E-state index contributed by atoms with van der Waals surface area (Å²) in [5.41, 5.74) is 0.200. The second-order valence-corrected chi connectivity index (χ2v) is 7.43. The summed E-state index contributed by atoms with van der Waals surface area (Å²) in [5, 5.41) is 8.87. The van der Waals surface area contributed by atoms with Gasteiger partial charge in [-0.2, -0.15) is 0 Å². The Labute approximate surface area is 112 Å². The van der Waals surface area contributed by atoms with Crippen LogP contribution in [0.2, 0.25) is 0 Å². The Morgan fingerprint density at radius 1 is 1.44 bits per heavy atom. The van der Waals surface area contributed by atoms with E-state index >= 15 is 0 Å². The highest BCUT2D eigenvalue weighted by atomic mass is 32.2. The SMILES string of the molecule is Cn1cnnc1S[C@@H]1C(=O)[C@@H]2CC[C@@]1(C)C2(C)C. The van der Waals surface area contributed by atoms with E-state index in [1.807, 2.05) is 11.6 Å². The Kier molecular flexibility index (Phi) is 2.44. The predicted molar refractivity (Wildman–Crippen MR) is 70.3 cm³/mol. The molecule has 1 aromatic rings. The number of Topliss-reactive ketones (excluding diaryl/α,β-unsaturated/α-hetero) is 1. The van der Waals surface area contributed by atoms with Crippen LogP contribution >= 0.6 is 11.8 Å². The number of hydrogen-bond donors (Lipinski definition) is 0. The van der Waals surface area contributed by atoms with Crippen LogP contribution in [0.15, 0.2) is 11.5 Å². The summed E-state index contributed by atoms with van der Waals surface area (Å²) >= 11 is 1.60. The highest BCUT2D eigenvalue weighted by Crippen LogP contribution is 2.67. The normalized spacial score (nSPS) is 37.4. The van der Waals surface area contributed by atoms with Gasteiger partial charge < -0.3 is 4.57 Å². The number of aromatic nitrogens is 3. The maximum Gasteiger partial charge on any atom is 0.191 e. The summed E-state index contributed by atoms with van der Waals surface area (Å²) in [6, 6.07) is 0. The summed E-state index contributed by atoms with van der Waals surface area (Å²) in [5.74, 6) is 0.648. The molecule has 2 bridgehead atoms. The van der Waals surface area contributed by atoms with Crippen molar-refractivity contribution in [3.63, 3.8) is 0 Å². The van der Waals surface area contributed by atoms with Gasteiger partial charge in [0.1, 0.15) is 12.1 Å². The molecule has 5 heteroatoms. The van der Waals surface area contributed by atoms with Gasteiger partial charge in [0, 0.05) is 13.0 Å². The highest BCUT2D eigenvalue weighted by Gasteiger charge is 2.66. The molecule has 2 fully saturated rings.